The van der Waals surface area contributed by atoms with Gasteiger partial charge in [-0.25, -0.2) is 0 Å². The molecule has 0 fully saturated rings. The van der Waals surface area contributed by atoms with Crippen molar-refractivity contribution in [3.63, 3.8) is 0 Å². The molecule has 0 spiro atoms. The molecule has 0 aliphatic carbocycles. The van der Waals surface area contributed by atoms with Crippen LogP contribution in [0.1, 0.15) is 13.8 Å². The van der Waals surface area contributed by atoms with Crippen LogP contribution in [0.4, 0.5) is 0 Å². The number of carbonyl (C=O) groups excluding carboxylic acids is 2. The van der Waals surface area contributed by atoms with Crippen molar-refractivity contribution in [2.75, 3.05) is 26.0 Å². The van der Waals surface area contributed by atoms with Crippen LogP contribution < -0.4 is 10.6 Å². The van der Waals surface area contributed by atoms with Gasteiger partial charge in [0.1, 0.15) is 5.92 Å². The molecule has 7 nitrogen and oxygen atoms in total. The Hall–Kier alpha value is -2.03. The minimum Gasteiger partial charge on any atom is -0.383 e. The molecule has 0 aromatic carbocycles. The van der Waals surface area contributed by atoms with Crippen LogP contribution in [-0.4, -0.2) is 37.8 Å². The monoisotopic (exact) mass is 322 g/mol. The molecule has 0 saturated heterocycles. The third-order valence-electron chi connectivity index (χ3n) is 3.31. The fourth-order valence-electron chi connectivity index (χ4n) is 2.02. The van der Waals surface area contributed by atoms with E-state index in [1.807, 2.05) is 12.1 Å². The summed E-state index contributed by atoms with van der Waals surface area (Å²) in [5.74, 6) is -1.53. The summed E-state index contributed by atoms with van der Waals surface area (Å²) in [6.45, 7) is 4.17. The third kappa shape index (κ3) is 4.00. The number of carbonyl (C=O) groups is 2. The maximum atomic E-state index is 12.0. The number of rotatable bonds is 6. The van der Waals surface area contributed by atoms with Gasteiger partial charge >= 0.3 is 0 Å². The van der Waals surface area contributed by atoms with Crippen molar-refractivity contribution in [3.8, 4) is 12.1 Å². The lowest BCUT2D eigenvalue weighted by molar-refractivity contribution is -0.125. The van der Waals surface area contributed by atoms with Crippen molar-refractivity contribution in [2.45, 2.75) is 13.8 Å². The van der Waals surface area contributed by atoms with Crippen molar-refractivity contribution in [1.82, 2.24) is 10.6 Å². The van der Waals surface area contributed by atoms with Gasteiger partial charge in [-0.1, -0.05) is 25.6 Å². The summed E-state index contributed by atoms with van der Waals surface area (Å²) in [5.41, 5.74) is -0.575. The molecule has 0 bridgehead atoms. The van der Waals surface area contributed by atoms with Crippen molar-refractivity contribution >= 4 is 23.6 Å². The first-order valence-electron chi connectivity index (χ1n) is 6.62. The SMILES string of the molecule is COCCNC(=O)CSC1=C(C#N)C(C)(C)[C@H](C#N)C(=O)N1. The summed E-state index contributed by atoms with van der Waals surface area (Å²) in [7, 11) is 1.54. The zero-order valence-electron chi connectivity index (χ0n) is 12.7. The Bertz CT molecular complexity index is 572. The van der Waals surface area contributed by atoms with Crippen molar-refractivity contribution in [3.05, 3.63) is 10.6 Å². The summed E-state index contributed by atoms with van der Waals surface area (Å²) in [6, 6.07) is 3.97. The summed E-state index contributed by atoms with van der Waals surface area (Å²) >= 11 is 1.08. The fourth-order valence-corrected chi connectivity index (χ4v) is 3.02. The molecule has 1 atom stereocenters. The lowest BCUT2D eigenvalue weighted by Gasteiger charge is -2.34. The molecule has 118 valence electrons. The first-order valence-corrected chi connectivity index (χ1v) is 7.60. The van der Waals surface area contributed by atoms with Gasteiger partial charge < -0.3 is 15.4 Å². The van der Waals surface area contributed by atoms with Crippen molar-refractivity contribution < 1.29 is 14.3 Å². The van der Waals surface area contributed by atoms with Gasteiger partial charge in [0.2, 0.25) is 11.8 Å². The van der Waals surface area contributed by atoms with Gasteiger partial charge in [0.25, 0.3) is 0 Å². The second kappa shape index (κ2) is 7.83. The molecule has 2 amide bonds. The van der Waals surface area contributed by atoms with Crippen molar-refractivity contribution in [1.29, 1.82) is 10.5 Å². The van der Waals surface area contributed by atoms with Crippen molar-refractivity contribution in [2.24, 2.45) is 11.3 Å². The minimum atomic E-state index is -0.929. The number of hydrogen-bond donors (Lipinski definition) is 2. The number of nitrogens with one attached hydrogen (secondary N) is 2. The second-order valence-electron chi connectivity index (χ2n) is 5.22. The first-order chi connectivity index (χ1) is 10.4. The molecule has 22 heavy (non-hydrogen) atoms. The van der Waals surface area contributed by atoms with Crippen LogP contribution in [0.25, 0.3) is 0 Å². The van der Waals surface area contributed by atoms with E-state index in [1.165, 1.54) is 7.11 Å². The molecule has 0 unspecified atom stereocenters. The average molecular weight is 322 g/mol. The molecule has 2 N–H and O–H groups in total. The largest absolute Gasteiger partial charge is 0.383 e. The smallest absolute Gasteiger partial charge is 0.243 e. The molecular formula is C14H18N4O3S. The zero-order valence-corrected chi connectivity index (χ0v) is 13.5. The number of thioether (sulfide) groups is 1. The Morgan fingerprint density at radius 3 is 2.73 bits per heavy atom. The van der Waals surface area contributed by atoms with E-state index < -0.39 is 17.2 Å². The summed E-state index contributed by atoms with van der Waals surface area (Å²) in [6.07, 6.45) is 0. The predicted molar refractivity (Wildman–Crippen MR) is 81.0 cm³/mol. The van der Waals surface area contributed by atoms with Gasteiger partial charge in [0.05, 0.1) is 35.1 Å². The standard InChI is InChI=1S/C14H18N4O3S/c1-14(2)9(6-15)12(20)18-13(10(14)7-16)22-8-11(19)17-4-5-21-3/h9H,4-5,8H2,1-3H3,(H,17,19)(H,18,20)/t9-/m1/s1. The van der Waals surface area contributed by atoms with Crippen LogP contribution in [0.5, 0.6) is 0 Å². The van der Waals surface area contributed by atoms with E-state index >= 15 is 0 Å². The number of amides is 2. The van der Waals surface area contributed by atoms with Crippen LogP contribution in [0.2, 0.25) is 0 Å². The Morgan fingerprint density at radius 2 is 2.18 bits per heavy atom. The maximum Gasteiger partial charge on any atom is 0.243 e. The highest BCUT2D eigenvalue weighted by molar-refractivity contribution is 8.03. The number of nitrogens with zero attached hydrogens (tertiary/aromatic N) is 2. The van der Waals surface area contributed by atoms with Gasteiger partial charge in [-0.15, -0.1) is 0 Å². The molecule has 1 aliphatic heterocycles. The highest BCUT2D eigenvalue weighted by atomic mass is 32.2. The van der Waals surface area contributed by atoms with E-state index in [1.54, 1.807) is 13.8 Å². The predicted octanol–water partition coefficient (Wildman–Crippen LogP) is 0.513. The maximum absolute atomic E-state index is 12.0. The molecule has 0 saturated carbocycles. The third-order valence-corrected chi connectivity index (χ3v) is 4.31. The minimum absolute atomic E-state index is 0.0673. The number of nitriles is 2. The Labute approximate surface area is 133 Å². The van der Waals surface area contributed by atoms with Crippen LogP contribution in [-0.2, 0) is 14.3 Å². The van der Waals surface area contributed by atoms with Gasteiger partial charge in [-0.3, -0.25) is 9.59 Å². The van der Waals surface area contributed by atoms with E-state index in [0.29, 0.717) is 23.8 Å². The number of methoxy groups -OCH3 is 1. The Balaban J connectivity index is 2.82. The topological polar surface area (TPSA) is 115 Å². The van der Waals surface area contributed by atoms with Gasteiger partial charge in [-0.2, -0.15) is 10.5 Å². The molecule has 0 aromatic rings. The van der Waals surface area contributed by atoms with Crippen LogP contribution >= 0.6 is 11.8 Å². The number of hydrogen-bond acceptors (Lipinski definition) is 6. The summed E-state index contributed by atoms with van der Waals surface area (Å²) in [5, 5.41) is 24.0. The zero-order chi connectivity index (χ0) is 16.8. The highest BCUT2D eigenvalue weighted by Gasteiger charge is 2.44. The Morgan fingerprint density at radius 1 is 1.50 bits per heavy atom. The lowest BCUT2D eigenvalue weighted by Crippen LogP contribution is -2.44. The van der Waals surface area contributed by atoms with Gasteiger partial charge in [-0.05, 0) is 0 Å². The van der Waals surface area contributed by atoms with Crippen LogP contribution in [0.15, 0.2) is 10.6 Å². The molecule has 0 aromatic heterocycles. The first kappa shape index (κ1) is 18.0. The van der Waals surface area contributed by atoms with Crippen LogP contribution in [0, 0.1) is 34.0 Å². The molecule has 1 heterocycles. The molecular weight excluding hydrogens is 304 g/mol. The van der Waals surface area contributed by atoms with E-state index in [9.17, 15) is 14.9 Å². The average Bonchev–Trinajstić information content (AvgIpc) is 2.44. The summed E-state index contributed by atoms with van der Waals surface area (Å²) < 4.78 is 4.83. The quantitative estimate of drug-likeness (QED) is 0.689. The van der Waals surface area contributed by atoms with E-state index in [0.717, 1.165) is 11.8 Å². The number of ether oxygens (including phenoxy) is 1. The van der Waals surface area contributed by atoms with E-state index in [4.69, 9.17) is 10.00 Å². The number of allylic oxidation sites excluding steroid dienone is 1. The van der Waals surface area contributed by atoms with E-state index in [2.05, 4.69) is 10.6 Å². The van der Waals surface area contributed by atoms with Gasteiger partial charge in [0.15, 0.2) is 0 Å². The fraction of sp³-hybridized carbons (Fsp3) is 0.571. The Kier molecular flexibility index (Phi) is 6.41. The summed E-state index contributed by atoms with van der Waals surface area (Å²) in [4.78, 5) is 23.6. The van der Waals surface area contributed by atoms with Crippen LogP contribution in [0.3, 0.4) is 0 Å². The lowest BCUT2D eigenvalue weighted by atomic mass is 9.72. The molecule has 0 radical (unpaired) electrons. The normalized spacial score (nSPS) is 19.9. The molecule has 1 rings (SSSR count). The highest BCUT2D eigenvalue weighted by Crippen LogP contribution is 2.41. The molecule has 8 heteroatoms. The van der Waals surface area contributed by atoms with E-state index in [-0.39, 0.29) is 11.7 Å². The van der Waals surface area contributed by atoms with Gasteiger partial charge in [0, 0.05) is 19.1 Å². The second-order valence-corrected chi connectivity index (χ2v) is 6.21. The molecule has 1 aliphatic rings.